The van der Waals surface area contributed by atoms with Gasteiger partial charge >= 0.3 is 6.01 Å². The van der Waals surface area contributed by atoms with Crippen molar-refractivity contribution in [1.29, 1.82) is 0 Å². The Hall–Kier alpha value is -2.96. The number of methoxy groups -OCH3 is 2. The van der Waals surface area contributed by atoms with Crippen LogP contribution in [0, 0.1) is 0 Å². The van der Waals surface area contributed by atoms with Gasteiger partial charge in [-0.15, -0.1) is 0 Å². The third-order valence-electron chi connectivity index (χ3n) is 3.48. The summed E-state index contributed by atoms with van der Waals surface area (Å²) >= 11 is 0. The van der Waals surface area contributed by atoms with Crippen molar-refractivity contribution in [3.05, 3.63) is 42.4 Å². The Balaban J connectivity index is 2.17. The molecule has 1 aromatic carbocycles. The zero-order chi connectivity index (χ0) is 17.1. The van der Waals surface area contributed by atoms with Gasteiger partial charge in [-0.1, -0.05) is 19.9 Å². The fourth-order valence-electron chi connectivity index (χ4n) is 2.22. The Morgan fingerprint density at radius 3 is 2.58 bits per heavy atom. The lowest BCUT2D eigenvalue weighted by molar-refractivity contribution is 0.380. The van der Waals surface area contributed by atoms with E-state index in [1.165, 1.54) is 7.11 Å². The van der Waals surface area contributed by atoms with Crippen molar-refractivity contribution in [3.8, 4) is 29.0 Å². The maximum absolute atomic E-state index is 5.31. The largest absolute Gasteiger partial charge is 0.497 e. The molecule has 7 nitrogen and oxygen atoms in total. The quantitative estimate of drug-likeness (QED) is 0.718. The van der Waals surface area contributed by atoms with E-state index in [1.807, 2.05) is 24.3 Å². The zero-order valence-electron chi connectivity index (χ0n) is 14.1. The summed E-state index contributed by atoms with van der Waals surface area (Å²) in [5.74, 6) is 2.32. The smallest absolute Gasteiger partial charge is 0.316 e. The summed E-state index contributed by atoms with van der Waals surface area (Å²) in [6, 6.07) is 9.72. The van der Waals surface area contributed by atoms with Crippen LogP contribution >= 0.6 is 0 Å². The van der Waals surface area contributed by atoms with E-state index in [4.69, 9.17) is 9.47 Å². The summed E-state index contributed by atoms with van der Waals surface area (Å²) in [5, 5.41) is 4.64. The molecule has 0 aliphatic rings. The molecule has 0 bridgehead atoms. The van der Waals surface area contributed by atoms with Gasteiger partial charge in [-0.3, -0.25) is 0 Å². The summed E-state index contributed by atoms with van der Waals surface area (Å²) in [4.78, 5) is 13.1. The van der Waals surface area contributed by atoms with E-state index in [0.717, 1.165) is 17.3 Å². The lowest BCUT2D eigenvalue weighted by Gasteiger charge is -2.07. The number of hydrogen-bond acceptors (Lipinski definition) is 6. The lowest BCUT2D eigenvalue weighted by atomic mass is 10.2. The van der Waals surface area contributed by atoms with Crippen LogP contribution in [-0.4, -0.2) is 39.0 Å². The number of benzene rings is 1. The van der Waals surface area contributed by atoms with Gasteiger partial charge in [0.1, 0.15) is 11.4 Å². The number of aromatic nitrogens is 5. The van der Waals surface area contributed by atoms with Crippen molar-refractivity contribution >= 4 is 0 Å². The molecule has 0 amide bonds. The molecule has 3 aromatic rings. The standard InChI is InChI=1S/C17H19N5O2/c1-11(2)15-20-16(14-8-9-18-17(19-14)24-4)22(21-15)12-6-5-7-13(10-12)23-3/h5-11H,1-4H3. The topological polar surface area (TPSA) is 75.0 Å². The van der Waals surface area contributed by atoms with E-state index < -0.39 is 0 Å². The van der Waals surface area contributed by atoms with Gasteiger partial charge in [0.05, 0.1) is 19.9 Å². The summed E-state index contributed by atoms with van der Waals surface area (Å²) in [7, 11) is 3.17. The number of ether oxygens (including phenoxy) is 2. The van der Waals surface area contributed by atoms with Crippen molar-refractivity contribution in [2.24, 2.45) is 0 Å². The van der Waals surface area contributed by atoms with Crippen molar-refractivity contribution in [3.63, 3.8) is 0 Å². The minimum atomic E-state index is 0.194. The molecule has 0 atom stereocenters. The first-order valence-corrected chi connectivity index (χ1v) is 7.61. The van der Waals surface area contributed by atoms with Gasteiger partial charge in [-0.25, -0.2) is 14.6 Å². The van der Waals surface area contributed by atoms with Gasteiger partial charge < -0.3 is 9.47 Å². The second-order valence-electron chi connectivity index (χ2n) is 5.49. The molecule has 3 rings (SSSR count). The molecule has 0 unspecified atom stereocenters. The molecule has 0 aliphatic heterocycles. The molecule has 0 N–H and O–H groups in total. The van der Waals surface area contributed by atoms with E-state index in [0.29, 0.717) is 17.5 Å². The molecule has 2 aromatic heterocycles. The molecule has 0 aliphatic carbocycles. The highest BCUT2D eigenvalue weighted by atomic mass is 16.5. The summed E-state index contributed by atoms with van der Waals surface area (Å²) in [6.07, 6.45) is 1.64. The van der Waals surface area contributed by atoms with Gasteiger partial charge in [0.2, 0.25) is 0 Å². The highest BCUT2D eigenvalue weighted by Crippen LogP contribution is 2.25. The van der Waals surface area contributed by atoms with Crippen LogP contribution in [0.1, 0.15) is 25.6 Å². The lowest BCUT2D eigenvalue weighted by Crippen LogP contribution is -2.02. The SMILES string of the molecule is COc1cccc(-n2nc(C(C)C)nc2-c2ccnc(OC)n2)c1. The molecule has 0 radical (unpaired) electrons. The predicted molar refractivity (Wildman–Crippen MR) is 89.6 cm³/mol. The average Bonchev–Trinajstić information content (AvgIpc) is 3.07. The molecule has 0 saturated carbocycles. The van der Waals surface area contributed by atoms with E-state index in [1.54, 1.807) is 24.1 Å². The molecule has 124 valence electrons. The van der Waals surface area contributed by atoms with E-state index >= 15 is 0 Å². The average molecular weight is 325 g/mol. The van der Waals surface area contributed by atoms with Gasteiger partial charge in [0, 0.05) is 18.2 Å². The molecule has 0 spiro atoms. The van der Waals surface area contributed by atoms with Crippen LogP contribution in [0.2, 0.25) is 0 Å². The Bertz CT molecular complexity index is 780. The van der Waals surface area contributed by atoms with Crippen molar-refractivity contribution < 1.29 is 9.47 Å². The van der Waals surface area contributed by atoms with Crippen LogP contribution in [0.3, 0.4) is 0 Å². The van der Waals surface area contributed by atoms with Gasteiger partial charge in [0.25, 0.3) is 0 Å². The van der Waals surface area contributed by atoms with Crippen LogP contribution in [0.25, 0.3) is 17.2 Å². The number of rotatable bonds is 5. The summed E-state index contributed by atoms with van der Waals surface area (Å²) < 4.78 is 12.2. The second-order valence-corrected chi connectivity index (χ2v) is 5.49. The van der Waals surface area contributed by atoms with E-state index in [9.17, 15) is 0 Å². The predicted octanol–water partition coefficient (Wildman–Crippen LogP) is 2.86. The van der Waals surface area contributed by atoms with E-state index in [-0.39, 0.29) is 5.92 Å². The highest BCUT2D eigenvalue weighted by Gasteiger charge is 2.17. The first-order chi connectivity index (χ1) is 11.6. The number of nitrogens with zero attached hydrogens (tertiary/aromatic N) is 5. The molecule has 24 heavy (non-hydrogen) atoms. The molecular formula is C17H19N5O2. The van der Waals surface area contributed by atoms with Crippen LogP contribution in [0.5, 0.6) is 11.8 Å². The Morgan fingerprint density at radius 1 is 1.04 bits per heavy atom. The van der Waals surface area contributed by atoms with Gasteiger partial charge in [-0.05, 0) is 18.2 Å². The van der Waals surface area contributed by atoms with Crippen molar-refractivity contribution in [2.75, 3.05) is 14.2 Å². The van der Waals surface area contributed by atoms with Crippen molar-refractivity contribution in [2.45, 2.75) is 19.8 Å². The highest BCUT2D eigenvalue weighted by molar-refractivity contribution is 5.54. The summed E-state index contributed by atoms with van der Waals surface area (Å²) in [5.41, 5.74) is 1.49. The third kappa shape index (κ3) is 3.05. The molecule has 7 heteroatoms. The monoisotopic (exact) mass is 325 g/mol. The second kappa shape index (κ2) is 6.66. The maximum Gasteiger partial charge on any atom is 0.316 e. The Morgan fingerprint density at radius 2 is 1.88 bits per heavy atom. The van der Waals surface area contributed by atoms with Crippen LogP contribution in [-0.2, 0) is 0 Å². The minimum absolute atomic E-state index is 0.194. The zero-order valence-corrected chi connectivity index (χ0v) is 14.1. The van der Waals surface area contributed by atoms with Crippen molar-refractivity contribution in [1.82, 2.24) is 24.7 Å². The normalized spacial score (nSPS) is 10.9. The van der Waals surface area contributed by atoms with Crippen LogP contribution < -0.4 is 9.47 Å². The molecule has 0 fully saturated rings. The molecule has 2 heterocycles. The Labute approximate surface area is 140 Å². The Kier molecular flexibility index (Phi) is 4.41. The molecular weight excluding hydrogens is 306 g/mol. The third-order valence-corrected chi connectivity index (χ3v) is 3.48. The minimum Gasteiger partial charge on any atom is -0.497 e. The summed E-state index contributed by atoms with van der Waals surface area (Å²) in [6.45, 7) is 4.10. The van der Waals surface area contributed by atoms with E-state index in [2.05, 4.69) is 33.9 Å². The van der Waals surface area contributed by atoms with Gasteiger partial charge in [0.15, 0.2) is 11.6 Å². The number of hydrogen-bond donors (Lipinski definition) is 0. The fourth-order valence-corrected chi connectivity index (χ4v) is 2.22. The molecule has 0 saturated heterocycles. The first-order valence-electron chi connectivity index (χ1n) is 7.61. The maximum atomic E-state index is 5.31. The fraction of sp³-hybridized carbons (Fsp3) is 0.294. The first kappa shape index (κ1) is 15.9. The van der Waals surface area contributed by atoms with Crippen LogP contribution in [0.4, 0.5) is 0 Å². The van der Waals surface area contributed by atoms with Gasteiger partial charge in [-0.2, -0.15) is 10.1 Å². The van der Waals surface area contributed by atoms with Crippen LogP contribution in [0.15, 0.2) is 36.5 Å².